The maximum absolute atomic E-state index is 12.2. The largest absolute Gasteiger partial charge is 0.326 e. The van der Waals surface area contributed by atoms with Gasteiger partial charge < -0.3 is 10.6 Å². The molecule has 1 aliphatic heterocycles. The van der Waals surface area contributed by atoms with Gasteiger partial charge in [0.25, 0.3) is 5.91 Å². The van der Waals surface area contributed by atoms with Crippen LogP contribution in [0.25, 0.3) is 0 Å². The van der Waals surface area contributed by atoms with E-state index in [0.717, 1.165) is 20.5 Å². The number of nitrogens with one attached hydrogen (secondary N) is 2. The number of benzene rings is 2. The summed E-state index contributed by atoms with van der Waals surface area (Å²) >= 11 is 2.22. The molecule has 1 aliphatic rings. The summed E-state index contributed by atoms with van der Waals surface area (Å²) in [4.78, 5) is 23.6. The fourth-order valence-corrected chi connectivity index (χ4v) is 2.62. The monoisotopic (exact) mass is 392 g/mol. The Kier molecular flexibility index (Phi) is 3.92. The molecule has 0 spiro atoms. The molecular weight excluding hydrogens is 379 g/mol. The number of rotatable bonds is 2. The molecule has 4 nitrogen and oxygen atoms in total. The van der Waals surface area contributed by atoms with Gasteiger partial charge in [0, 0.05) is 26.9 Å². The number of carbonyl (C=O) groups excluding carboxylic acids is 2. The van der Waals surface area contributed by atoms with Crippen molar-refractivity contribution in [2.45, 2.75) is 12.8 Å². The molecule has 1 heterocycles. The minimum atomic E-state index is -0.143. The van der Waals surface area contributed by atoms with Crippen LogP contribution >= 0.6 is 22.6 Å². The Morgan fingerprint density at radius 2 is 1.86 bits per heavy atom. The first-order valence-electron chi connectivity index (χ1n) is 6.61. The second-order valence-corrected chi connectivity index (χ2v) is 6.13. The standard InChI is InChI=1S/C16H13IN2O2/c17-12-3-5-13(6-4-12)18-16(21)11-1-7-14-10(9-11)2-8-15(20)19-14/h1,3-7,9H,2,8H2,(H,18,21)(H,19,20). The van der Waals surface area contributed by atoms with Crippen molar-refractivity contribution in [1.29, 1.82) is 0 Å². The first-order valence-corrected chi connectivity index (χ1v) is 7.69. The Balaban J connectivity index is 1.79. The lowest BCUT2D eigenvalue weighted by molar-refractivity contribution is -0.116. The molecule has 0 aliphatic carbocycles. The highest BCUT2D eigenvalue weighted by molar-refractivity contribution is 14.1. The van der Waals surface area contributed by atoms with E-state index in [1.54, 1.807) is 12.1 Å². The van der Waals surface area contributed by atoms with Gasteiger partial charge in [0.05, 0.1) is 0 Å². The Morgan fingerprint density at radius 1 is 1.10 bits per heavy atom. The van der Waals surface area contributed by atoms with Gasteiger partial charge in [-0.15, -0.1) is 0 Å². The molecule has 21 heavy (non-hydrogen) atoms. The van der Waals surface area contributed by atoms with Crippen molar-refractivity contribution in [3.05, 3.63) is 57.2 Å². The van der Waals surface area contributed by atoms with Crippen LogP contribution in [0.4, 0.5) is 11.4 Å². The molecular formula is C16H13IN2O2. The van der Waals surface area contributed by atoms with Crippen molar-refractivity contribution in [1.82, 2.24) is 0 Å². The Bertz CT molecular complexity index is 711. The molecule has 0 fully saturated rings. The number of halogens is 1. The minimum Gasteiger partial charge on any atom is -0.326 e. The number of carbonyl (C=O) groups is 2. The molecule has 0 aromatic heterocycles. The van der Waals surface area contributed by atoms with Gasteiger partial charge in [-0.3, -0.25) is 9.59 Å². The second kappa shape index (κ2) is 5.85. The van der Waals surface area contributed by atoms with Gasteiger partial charge >= 0.3 is 0 Å². The number of hydrogen-bond donors (Lipinski definition) is 2. The van der Waals surface area contributed by atoms with Crippen LogP contribution in [-0.4, -0.2) is 11.8 Å². The van der Waals surface area contributed by atoms with Crippen molar-refractivity contribution in [3.63, 3.8) is 0 Å². The van der Waals surface area contributed by atoms with Crippen LogP contribution in [-0.2, 0) is 11.2 Å². The Morgan fingerprint density at radius 3 is 2.62 bits per heavy atom. The van der Waals surface area contributed by atoms with E-state index in [-0.39, 0.29) is 11.8 Å². The SMILES string of the molecule is O=C1CCc2cc(C(=O)Nc3ccc(I)cc3)ccc2N1. The fraction of sp³-hybridized carbons (Fsp3) is 0.125. The molecule has 0 bridgehead atoms. The molecule has 2 aromatic rings. The topological polar surface area (TPSA) is 58.2 Å². The van der Waals surface area contributed by atoms with Gasteiger partial charge in [-0.1, -0.05) is 0 Å². The molecule has 0 saturated carbocycles. The zero-order chi connectivity index (χ0) is 14.8. The van der Waals surface area contributed by atoms with Gasteiger partial charge in [0.1, 0.15) is 0 Å². The normalized spacial score (nSPS) is 13.3. The van der Waals surface area contributed by atoms with Crippen LogP contribution < -0.4 is 10.6 Å². The van der Waals surface area contributed by atoms with Crippen LogP contribution in [0.1, 0.15) is 22.3 Å². The maximum Gasteiger partial charge on any atom is 0.255 e. The molecule has 0 unspecified atom stereocenters. The number of anilines is 2. The molecule has 3 rings (SSSR count). The van der Waals surface area contributed by atoms with Gasteiger partial charge in [-0.05, 0) is 77.0 Å². The lowest BCUT2D eigenvalue weighted by Gasteiger charge is -2.17. The number of hydrogen-bond acceptors (Lipinski definition) is 2. The third kappa shape index (κ3) is 3.24. The molecule has 2 aromatic carbocycles. The van der Waals surface area contributed by atoms with Gasteiger partial charge in [-0.25, -0.2) is 0 Å². The number of aryl methyl sites for hydroxylation is 1. The predicted octanol–water partition coefficient (Wildman–Crippen LogP) is 3.43. The lowest BCUT2D eigenvalue weighted by atomic mass is 10.00. The molecule has 2 amide bonds. The Labute approximate surface area is 136 Å². The first-order chi connectivity index (χ1) is 10.1. The summed E-state index contributed by atoms with van der Waals surface area (Å²) in [6, 6.07) is 13.0. The van der Waals surface area contributed by atoms with E-state index in [4.69, 9.17) is 0 Å². The van der Waals surface area contributed by atoms with Gasteiger partial charge in [0.2, 0.25) is 5.91 Å². The van der Waals surface area contributed by atoms with Crippen molar-refractivity contribution in [3.8, 4) is 0 Å². The lowest BCUT2D eigenvalue weighted by Crippen LogP contribution is -2.20. The van der Waals surface area contributed by atoms with Gasteiger partial charge in [0.15, 0.2) is 0 Å². The number of fused-ring (bicyclic) bond motifs is 1. The van der Waals surface area contributed by atoms with Crippen molar-refractivity contribution >= 4 is 45.8 Å². The quantitative estimate of drug-likeness (QED) is 0.770. The predicted molar refractivity (Wildman–Crippen MR) is 90.5 cm³/mol. The van der Waals surface area contributed by atoms with Gasteiger partial charge in [-0.2, -0.15) is 0 Å². The summed E-state index contributed by atoms with van der Waals surface area (Å²) in [5.41, 5.74) is 3.18. The summed E-state index contributed by atoms with van der Waals surface area (Å²) in [5.74, 6) is -0.116. The smallest absolute Gasteiger partial charge is 0.255 e. The van der Waals surface area contributed by atoms with Crippen LogP contribution in [0.2, 0.25) is 0 Å². The summed E-state index contributed by atoms with van der Waals surface area (Å²) < 4.78 is 1.12. The van der Waals surface area contributed by atoms with E-state index in [0.29, 0.717) is 18.4 Å². The van der Waals surface area contributed by atoms with E-state index in [9.17, 15) is 9.59 Å². The third-order valence-electron chi connectivity index (χ3n) is 3.37. The number of amides is 2. The van der Waals surface area contributed by atoms with Crippen LogP contribution in [0.3, 0.4) is 0 Å². The summed E-state index contributed by atoms with van der Waals surface area (Å²) in [6.07, 6.45) is 1.14. The van der Waals surface area contributed by atoms with Crippen LogP contribution in [0, 0.1) is 3.57 Å². The van der Waals surface area contributed by atoms with E-state index < -0.39 is 0 Å². The minimum absolute atomic E-state index is 0.0265. The highest BCUT2D eigenvalue weighted by Gasteiger charge is 2.16. The van der Waals surface area contributed by atoms with E-state index in [1.807, 2.05) is 30.3 Å². The maximum atomic E-state index is 12.2. The molecule has 5 heteroatoms. The second-order valence-electron chi connectivity index (χ2n) is 4.88. The molecule has 0 atom stereocenters. The summed E-state index contributed by atoms with van der Waals surface area (Å²) in [7, 11) is 0. The van der Waals surface area contributed by atoms with Crippen LogP contribution in [0.15, 0.2) is 42.5 Å². The summed E-state index contributed by atoms with van der Waals surface area (Å²) in [6.45, 7) is 0. The highest BCUT2D eigenvalue weighted by Crippen LogP contribution is 2.24. The molecule has 106 valence electrons. The zero-order valence-corrected chi connectivity index (χ0v) is 13.3. The third-order valence-corrected chi connectivity index (χ3v) is 4.08. The van der Waals surface area contributed by atoms with Crippen molar-refractivity contribution < 1.29 is 9.59 Å². The van der Waals surface area contributed by atoms with Crippen molar-refractivity contribution in [2.24, 2.45) is 0 Å². The van der Waals surface area contributed by atoms with Crippen molar-refractivity contribution in [2.75, 3.05) is 10.6 Å². The zero-order valence-electron chi connectivity index (χ0n) is 11.2. The highest BCUT2D eigenvalue weighted by atomic mass is 127. The average Bonchev–Trinajstić information content (AvgIpc) is 2.49. The average molecular weight is 392 g/mol. The first kappa shape index (κ1) is 14.1. The van der Waals surface area contributed by atoms with E-state index >= 15 is 0 Å². The van der Waals surface area contributed by atoms with Crippen LogP contribution in [0.5, 0.6) is 0 Å². The molecule has 0 saturated heterocycles. The fourth-order valence-electron chi connectivity index (χ4n) is 2.26. The summed E-state index contributed by atoms with van der Waals surface area (Å²) in [5, 5.41) is 5.68. The van der Waals surface area contributed by atoms with E-state index in [2.05, 4.69) is 33.2 Å². The van der Waals surface area contributed by atoms with E-state index in [1.165, 1.54) is 0 Å². The molecule has 0 radical (unpaired) electrons. The molecule has 2 N–H and O–H groups in total. The Hall–Kier alpha value is -1.89.